The van der Waals surface area contributed by atoms with E-state index in [4.69, 9.17) is 4.74 Å². The minimum absolute atomic E-state index is 0.207. The maximum atomic E-state index is 5.75. The van der Waals surface area contributed by atoms with Gasteiger partial charge in [-0.05, 0) is 19.9 Å². The summed E-state index contributed by atoms with van der Waals surface area (Å²) < 4.78 is 5.75. The van der Waals surface area contributed by atoms with E-state index in [9.17, 15) is 0 Å². The molecule has 0 aliphatic carbocycles. The first kappa shape index (κ1) is 13.8. The highest BCUT2D eigenvalue weighted by Gasteiger charge is 2.01. The normalized spacial score (nSPS) is 11.6. The van der Waals surface area contributed by atoms with Gasteiger partial charge in [0.05, 0.1) is 6.10 Å². The van der Waals surface area contributed by atoms with Crippen LogP contribution in [0.15, 0.2) is 30.3 Å². The molecule has 0 aliphatic heterocycles. The first-order valence-electron chi connectivity index (χ1n) is 6.25. The van der Waals surface area contributed by atoms with Gasteiger partial charge in [0.15, 0.2) is 0 Å². The number of hydrogen-bond acceptors (Lipinski definition) is 2. The molecule has 0 fully saturated rings. The number of para-hydroxylation sites is 1. The Morgan fingerprint density at radius 3 is 2.53 bits per heavy atom. The average Bonchev–Trinajstić information content (AvgIpc) is 2.25. The van der Waals surface area contributed by atoms with Crippen molar-refractivity contribution in [3.8, 4) is 5.75 Å². The van der Waals surface area contributed by atoms with Gasteiger partial charge in [0.1, 0.15) is 5.75 Å². The topological polar surface area (TPSA) is 21.3 Å². The third-order valence-corrected chi connectivity index (χ3v) is 2.22. The van der Waals surface area contributed by atoms with Crippen molar-refractivity contribution >= 4 is 6.08 Å². The van der Waals surface area contributed by atoms with Crippen LogP contribution in [0, 0.1) is 0 Å². The first-order valence-corrected chi connectivity index (χ1v) is 6.25. The number of hydrogen-bond donors (Lipinski definition) is 1. The number of ether oxygens (including phenoxy) is 1. The molecule has 1 rings (SSSR count). The zero-order valence-electron chi connectivity index (χ0n) is 11.2. The Kier molecular flexibility index (Phi) is 5.78. The molecule has 0 saturated heterocycles. The summed E-state index contributed by atoms with van der Waals surface area (Å²) in [6.45, 7) is 9.25. The highest BCUT2D eigenvalue weighted by atomic mass is 16.5. The van der Waals surface area contributed by atoms with E-state index in [1.807, 2.05) is 32.0 Å². The fraction of sp³-hybridized carbons (Fsp3) is 0.467. The molecule has 0 radical (unpaired) electrons. The zero-order chi connectivity index (χ0) is 12.7. The molecule has 2 heteroatoms. The van der Waals surface area contributed by atoms with Crippen molar-refractivity contribution in [2.24, 2.45) is 0 Å². The molecule has 0 heterocycles. The van der Waals surface area contributed by atoms with Gasteiger partial charge in [-0.1, -0.05) is 44.2 Å². The molecule has 2 nitrogen and oxygen atoms in total. The van der Waals surface area contributed by atoms with Gasteiger partial charge in [0.2, 0.25) is 0 Å². The quantitative estimate of drug-likeness (QED) is 0.812. The highest BCUT2D eigenvalue weighted by Crippen LogP contribution is 2.20. The van der Waals surface area contributed by atoms with Gasteiger partial charge >= 0.3 is 0 Å². The molecule has 0 saturated carbocycles. The lowest BCUT2D eigenvalue weighted by Gasteiger charge is -2.12. The van der Waals surface area contributed by atoms with E-state index in [1.54, 1.807) is 0 Å². The number of rotatable bonds is 6. The third-order valence-electron chi connectivity index (χ3n) is 2.22. The van der Waals surface area contributed by atoms with Gasteiger partial charge in [-0.3, -0.25) is 0 Å². The van der Waals surface area contributed by atoms with Gasteiger partial charge < -0.3 is 10.1 Å². The van der Waals surface area contributed by atoms with Crippen LogP contribution in [0.2, 0.25) is 0 Å². The minimum Gasteiger partial charge on any atom is -0.490 e. The van der Waals surface area contributed by atoms with E-state index < -0.39 is 0 Å². The largest absolute Gasteiger partial charge is 0.490 e. The monoisotopic (exact) mass is 233 g/mol. The minimum atomic E-state index is 0.207. The van der Waals surface area contributed by atoms with Gasteiger partial charge in [0.25, 0.3) is 0 Å². The first-order chi connectivity index (χ1) is 8.09. The van der Waals surface area contributed by atoms with Gasteiger partial charge in [-0.2, -0.15) is 0 Å². The molecule has 0 bridgehead atoms. The van der Waals surface area contributed by atoms with E-state index in [1.165, 1.54) is 0 Å². The average molecular weight is 233 g/mol. The van der Waals surface area contributed by atoms with Crippen molar-refractivity contribution in [2.45, 2.75) is 39.8 Å². The molecule has 17 heavy (non-hydrogen) atoms. The summed E-state index contributed by atoms with van der Waals surface area (Å²) in [6, 6.07) is 8.63. The van der Waals surface area contributed by atoms with Gasteiger partial charge in [-0.15, -0.1) is 0 Å². The van der Waals surface area contributed by atoms with E-state index in [0.717, 1.165) is 17.9 Å². The van der Waals surface area contributed by atoms with Crippen molar-refractivity contribution < 1.29 is 4.74 Å². The van der Waals surface area contributed by atoms with Crippen molar-refractivity contribution in [2.75, 3.05) is 6.54 Å². The molecule has 94 valence electrons. The van der Waals surface area contributed by atoms with Crippen molar-refractivity contribution in [1.29, 1.82) is 0 Å². The zero-order valence-corrected chi connectivity index (χ0v) is 11.2. The highest BCUT2D eigenvalue weighted by molar-refractivity contribution is 5.57. The standard InChI is InChI=1S/C15H23NO/c1-12(2)16-11-7-9-14-8-5-6-10-15(14)17-13(3)4/h5-10,12-13,16H,11H2,1-4H3. The van der Waals surface area contributed by atoms with Crippen LogP contribution in [0.3, 0.4) is 0 Å². The Morgan fingerprint density at radius 2 is 1.88 bits per heavy atom. The van der Waals surface area contributed by atoms with E-state index in [0.29, 0.717) is 6.04 Å². The second kappa shape index (κ2) is 7.13. The van der Waals surface area contributed by atoms with Crippen LogP contribution in [0.1, 0.15) is 33.3 Å². The molecule has 0 amide bonds. The van der Waals surface area contributed by atoms with Gasteiger partial charge in [-0.25, -0.2) is 0 Å². The Bertz CT molecular complexity index is 356. The Hall–Kier alpha value is -1.28. The maximum Gasteiger partial charge on any atom is 0.126 e. The lowest BCUT2D eigenvalue weighted by molar-refractivity contribution is 0.242. The van der Waals surface area contributed by atoms with Crippen molar-refractivity contribution in [1.82, 2.24) is 5.32 Å². The SMILES string of the molecule is CC(C)NCC=Cc1ccccc1OC(C)C. The molecule has 0 unspecified atom stereocenters. The van der Waals surface area contributed by atoms with Crippen LogP contribution in [-0.4, -0.2) is 18.7 Å². The van der Waals surface area contributed by atoms with Crippen LogP contribution >= 0.6 is 0 Å². The van der Waals surface area contributed by atoms with Crippen LogP contribution in [0.4, 0.5) is 0 Å². The van der Waals surface area contributed by atoms with Crippen LogP contribution in [0.5, 0.6) is 5.75 Å². The molecular formula is C15H23NO. The molecule has 1 aromatic carbocycles. The molecule has 1 N–H and O–H groups in total. The summed E-state index contributed by atoms with van der Waals surface area (Å²) in [5.74, 6) is 0.947. The lowest BCUT2D eigenvalue weighted by atomic mass is 10.2. The molecular weight excluding hydrogens is 210 g/mol. The van der Waals surface area contributed by atoms with Gasteiger partial charge in [0, 0.05) is 18.2 Å². The summed E-state index contributed by atoms with van der Waals surface area (Å²) >= 11 is 0. The fourth-order valence-corrected chi connectivity index (χ4v) is 1.47. The second-order valence-corrected chi connectivity index (χ2v) is 4.67. The summed E-state index contributed by atoms with van der Waals surface area (Å²) in [4.78, 5) is 0. The lowest BCUT2D eigenvalue weighted by Crippen LogP contribution is -2.22. The van der Waals surface area contributed by atoms with Crippen LogP contribution in [0.25, 0.3) is 6.08 Å². The smallest absolute Gasteiger partial charge is 0.126 e. The fourth-order valence-electron chi connectivity index (χ4n) is 1.47. The molecule has 0 spiro atoms. The molecule has 0 atom stereocenters. The Labute approximate surface area is 105 Å². The Morgan fingerprint density at radius 1 is 1.18 bits per heavy atom. The van der Waals surface area contributed by atoms with E-state index >= 15 is 0 Å². The van der Waals surface area contributed by atoms with E-state index in [2.05, 4.69) is 37.4 Å². The molecule has 1 aromatic rings. The predicted molar refractivity (Wildman–Crippen MR) is 74.4 cm³/mol. The maximum absolute atomic E-state index is 5.75. The molecule has 0 aromatic heterocycles. The number of nitrogens with one attached hydrogen (secondary N) is 1. The van der Waals surface area contributed by atoms with Crippen molar-refractivity contribution in [3.63, 3.8) is 0 Å². The second-order valence-electron chi connectivity index (χ2n) is 4.67. The van der Waals surface area contributed by atoms with Crippen LogP contribution in [-0.2, 0) is 0 Å². The summed E-state index contributed by atoms with van der Waals surface area (Å²) in [5.41, 5.74) is 1.13. The summed E-state index contributed by atoms with van der Waals surface area (Å²) in [6.07, 6.45) is 4.44. The Balaban J connectivity index is 2.63. The van der Waals surface area contributed by atoms with Crippen molar-refractivity contribution in [3.05, 3.63) is 35.9 Å². The predicted octanol–water partition coefficient (Wildman–Crippen LogP) is 3.49. The summed E-state index contributed by atoms with van der Waals surface area (Å²) in [7, 11) is 0. The van der Waals surface area contributed by atoms with Crippen LogP contribution < -0.4 is 10.1 Å². The third kappa shape index (κ3) is 5.55. The van der Waals surface area contributed by atoms with E-state index in [-0.39, 0.29) is 6.10 Å². The summed E-state index contributed by atoms with van der Waals surface area (Å²) in [5, 5.41) is 3.35. The number of benzene rings is 1. The molecule has 0 aliphatic rings.